The molecule has 0 radical (unpaired) electrons. The first-order chi connectivity index (χ1) is 9.31. The van der Waals surface area contributed by atoms with Crippen LogP contribution in [0.4, 0.5) is 0 Å². The van der Waals surface area contributed by atoms with Crippen LogP contribution in [0.25, 0.3) is 0 Å². The van der Waals surface area contributed by atoms with E-state index in [1.165, 1.54) is 22.8 Å². The fraction of sp³-hybridized carbons (Fsp3) is 0.571. The second kappa shape index (κ2) is 6.61. The van der Waals surface area contributed by atoms with Crippen molar-refractivity contribution >= 4 is 35.1 Å². The van der Waals surface area contributed by atoms with Gasteiger partial charge < -0.3 is 10.1 Å². The van der Waals surface area contributed by atoms with Gasteiger partial charge in [0.15, 0.2) is 0 Å². The summed E-state index contributed by atoms with van der Waals surface area (Å²) in [6, 6.07) is 5.89. The molecule has 1 fully saturated rings. The average Bonchev–Trinajstić information content (AvgIpc) is 2.82. The van der Waals surface area contributed by atoms with Gasteiger partial charge in [-0.25, -0.2) is 0 Å². The minimum absolute atomic E-state index is 0.259. The Morgan fingerprint density at radius 3 is 3.11 bits per heavy atom. The van der Waals surface area contributed by atoms with Gasteiger partial charge in [0.05, 0.1) is 0 Å². The summed E-state index contributed by atoms with van der Waals surface area (Å²) in [6.45, 7) is 2.02. The van der Waals surface area contributed by atoms with E-state index in [4.69, 9.17) is 16.3 Å². The number of nitrogens with one attached hydrogen (secondary N) is 1. The van der Waals surface area contributed by atoms with Crippen molar-refractivity contribution < 1.29 is 4.74 Å². The SMILES string of the molecule is Clc1ccc2c(c1)CC(CNCC1CSCCS1)O2. The molecule has 0 aromatic heterocycles. The van der Waals surface area contributed by atoms with E-state index in [-0.39, 0.29) is 6.10 Å². The zero-order valence-corrected chi connectivity index (χ0v) is 13.1. The molecule has 2 aliphatic rings. The summed E-state index contributed by atoms with van der Waals surface area (Å²) in [4.78, 5) is 0. The number of thioether (sulfide) groups is 2. The number of hydrogen-bond acceptors (Lipinski definition) is 4. The van der Waals surface area contributed by atoms with Crippen molar-refractivity contribution in [2.24, 2.45) is 0 Å². The first-order valence-electron chi connectivity index (χ1n) is 6.66. The fourth-order valence-electron chi connectivity index (χ4n) is 2.46. The van der Waals surface area contributed by atoms with Crippen LogP contribution in [0.5, 0.6) is 5.75 Å². The maximum absolute atomic E-state index is 6.00. The van der Waals surface area contributed by atoms with E-state index in [9.17, 15) is 0 Å². The second-order valence-electron chi connectivity index (χ2n) is 4.92. The Labute approximate surface area is 128 Å². The van der Waals surface area contributed by atoms with Gasteiger partial charge in [0, 0.05) is 47.0 Å². The predicted octanol–water partition coefficient (Wildman–Crippen LogP) is 3.08. The van der Waals surface area contributed by atoms with Gasteiger partial charge in [-0.1, -0.05) is 11.6 Å². The second-order valence-corrected chi connectivity index (χ2v) is 7.92. The minimum atomic E-state index is 0.259. The third-order valence-corrected chi connectivity index (χ3v) is 6.47. The summed E-state index contributed by atoms with van der Waals surface area (Å²) in [5.74, 6) is 4.88. The van der Waals surface area contributed by atoms with Crippen molar-refractivity contribution in [2.75, 3.05) is 30.3 Å². The number of halogens is 1. The lowest BCUT2D eigenvalue weighted by atomic mass is 10.1. The zero-order chi connectivity index (χ0) is 13.1. The Bertz CT molecular complexity index is 437. The van der Waals surface area contributed by atoms with Gasteiger partial charge in [0.2, 0.25) is 0 Å². The molecule has 0 saturated carbocycles. The Morgan fingerprint density at radius 1 is 1.32 bits per heavy atom. The lowest BCUT2D eigenvalue weighted by Crippen LogP contribution is -2.36. The van der Waals surface area contributed by atoms with Crippen LogP contribution in [0, 0.1) is 0 Å². The monoisotopic (exact) mass is 315 g/mol. The van der Waals surface area contributed by atoms with Gasteiger partial charge in [-0.3, -0.25) is 0 Å². The number of fused-ring (bicyclic) bond motifs is 1. The maximum atomic E-state index is 6.00. The first kappa shape index (κ1) is 13.9. The lowest BCUT2D eigenvalue weighted by molar-refractivity contribution is 0.228. The minimum Gasteiger partial charge on any atom is -0.488 e. The van der Waals surface area contributed by atoms with Crippen molar-refractivity contribution in [3.05, 3.63) is 28.8 Å². The van der Waals surface area contributed by atoms with Gasteiger partial charge >= 0.3 is 0 Å². The van der Waals surface area contributed by atoms with Crippen molar-refractivity contribution in [3.8, 4) is 5.75 Å². The molecule has 5 heteroatoms. The summed E-state index contributed by atoms with van der Waals surface area (Å²) in [5, 5.41) is 5.11. The largest absolute Gasteiger partial charge is 0.488 e. The molecule has 2 aliphatic heterocycles. The number of benzene rings is 1. The van der Waals surface area contributed by atoms with Gasteiger partial charge in [0.1, 0.15) is 11.9 Å². The normalized spacial score (nSPS) is 25.9. The molecule has 0 amide bonds. The smallest absolute Gasteiger partial charge is 0.123 e. The van der Waals surface area contributed by atoms with Crippen LogP contribution in [0.3, 0.4) is 0 Å². The summed E-state index contributed by atoms with van der Waals surface area (Å²) in [7, 11) is 0. The Kier molecular flexibility index (Phi) is 4.85. The summed E-state index contributed by atoms with van der Waals surface area (Å²) in [5.41, 5.74) is 1.24. The molecule has 0 spiro atoms. The molecule has 2 nitrogen and oxygen atoms in total. The van der Waals surface area contributed by atoms with E-state index in [0.717, 1.165) is 35.5 Å². The molecule has 2 heterocycles. The van der Waals surface area contributed by atoms with E-state index < -0.39 is 0 Å². The third-order valence-electron chi connectivity index (χ3n) is 3.39. The quantitative estimate of drug-likeness (QED) is 0.921. The Hall–Kier alpha value is -0.0300. The topological polar surface area (TPSA) is 21.3 Å². The summed E-state index contributed by atoms with van der Waals surface area (Å²) < 4.78 is 5.92. The van der Waals surface area contributed by atoms with Crippen LogP contribution in [0.2, 0.25) is 5.02 Å². The standard InChI is InChI=1S/C14H18ClNOS2/c15-11-1-2-14-10(5-11)6-12(17-14)7-16-8-13-9-18-3-4-19-13/h1-2,5,12-13,16H,3-4,6-9H2. The highest BCUT2D eigenvalue weighted by atomic mass is 35.5. The van der Waals surface area contributed by atoms with Crippen molar-refractivity contribution in [2.45, 2.75) is 17.8 Å². The first-order valence-corrected chi connectivity index (χ1v) is 9.24. The molecule has 2 atom stereocenters. The molecule has 1 aromatic rings. The molecule has 104 valence electrons. The zero-order valence-electron chi connectivity index (χ0n) is 10.7. The molecule has 2 unspecified atom stereocenters. The Morgan fingerprint density at radius 2 is 2.26 bits per heavy atom. The van der Waals surface area contributed by atoms with Crippen LogP contribution in [-0.4, -0.2) is 41.7 Å². The van der Waals surface area contributed by atoms with E-state index >= 15 is 0 Å². The molecular formula is C14H18ClNOS2. The summed E-state index contributed by atoms with van der Waals surface area (Å²) in [6.07, 6.45) is 1.23. The van der Waals surface area contributed by atoms with E-state index in [1.807, 2.05) is 18.2 Å². The summed E-state index contributed by atoms with van der Waals surface area (Å²) >= 11 is 10.2. The lowest BCUT2D eigenvalue weighted by Gasteiger charge is -2.22. The van der Waals surface area contributed by atoms with E-state index in [0.29, 0.717) is 0 Å². The molecule has 1 saturated heterocycles. The highest BCUT2D eigenvalue weighted by Crippen LogP contribution is 2.31. The number of ether oxygens (including phenoxy) is 1. The highest BCUT2D eigenvalue weighted by molar-refractivity contribution is 8.06. The molecule has 1 N–H and O–H groups in total. The molecule has 0 bridgehead atoms. The van der Waals surface area contributed by atoms with Crippen molar-refractivity contribution in [1.29, 1.82) is 0 Å². The number of rotatable bonds is 4. The molecule has 3 rings (SSSR count). The third kappa shape index (κ3) is 3.75. The molecule has 0 aliphatic carbocycles. The van der Waals surface area contributed by atoms with Gasteiger partial charge in [0.25, 0.3) is 0 Å². The Balaban J connectivity index is 1.43. The van der Waals surface area contributed by atoms with Crippen molar-refractivity contribution in [3.63, 3.8) is 0 Å². The average molecular weight is 316 g/mol. The van der Waals surface area contributed by atoms with Crippen LogP contribution in [0.1, 0.15) is 5.56 Å². The van der Waals surface area contributed by atoms with Crippen LogP contribution < -0.4 is 10.1 Å². The van der Waals surface area contributed by atoms with Gasteiger partial charge in [-0.2, -0.15) is 23.5 Å². The number of hydrogen-bond donors (Lipinski definition) is 1. The van der Waals surface area contributed by atoms with Gasteiger partial charge in [-0.15, -0.1) is 0 Å². The molecule has 1 aromatic carbocycles. The van der Waals surface area contributed by atoms with Crippen LogP contribution in [-0.2, 0) is 6.42 Å². The van der Waals surface area contributed by atoms with Crippen LogP contribution >= 0.6 is 35.1 Å². The van der Waals surface area contributed by atoms with E-state index in [2.05, 4.69) is 28.8 Å². The predicted molar refractivity (Wildman–Crippen MR) is 86.0 cm³/mol. The highest BCUT2D eigenvalue weighted by Gasteiger charge is 2.23. The van der Waals surface area contributed by atoms with Crippen molar-refractivity contribution in [1.82, 2.24) is 5.32 Å². The fourth-order valence-corrected chi connectivity index (χ4v) is 5.30. The van der Waals surface area contributed by atoms with E-state index in [1.54, 1.807) is 0 Å². The maximum Gasteiger partial charge on any atom is 0.123 e. The van der Waals surface area contributed by atoms with Gasteiger partial charge in [-0.05, 0) is 23.8 Å². The molecule has 19 heavy (non-hydrogen) atoms. The molecular weight excluding hydrogens is 298 g/mol. The van der Waals surface area contributed by atoms with Crippen LogP contribution in [0.15, 0.2) is 18.2 Å².